The van der Waals surface area contributed by atoms with Crippen molar-refractivity contribution in [2.24, 2.45) is 5.92 Å². The molecule has 0 radical (unpaired) electrons. The number of rotatable bonds is 5. The molecule has 0 aliphatic heterocycles. The van der Waals surface area contributed by atoms with E-state index in [1.54, 1.807) is 0 Å². The molecule has 41 heavy (non-hydrogen) atoms. The summed E-state index contributed by atoms with van der Waals surface area (Å²) >= 11 is 0. The van der Waals surface area contributed by atoms with Gasteiger partial charge in [0.1, 0.15) is 11.4 Å². The Balaban J connectivity index is 1.49. The van der Waals surface area contributed by atoms with E-state index < -0.39 is 0 Å². The van der Waals surface area contributed by atoms with E-state index in [1.807, 2.05) is 18.2 Å². The standard InChI is InChI=1S/C37H33N3O/c1-21(2)18-24-19-23(5)32-26(20-24)14-15-29-33(39-36(22(3)4)40-34(29)32)30-13-9-12-27-28-16-17-31(25-10-7-6-8-11-25)38-37(28)41-35(27)30/h6-17,19-22H,18H2,1-5H3. The molecule has 0 atom stereocenters. The van der Waals surface area contributed by atoms with E-state index >= 15 is 0 Å². The van der Waals surface area contributed by atoms with Crippen molar-refractivity contribution < 1.29 is 4.42 Å². The lowest BCUT2D eigenvalue weighted by Gasteiger charge is -2.15. The quantitative estimate of drug-likeness (QED) is 0.206. The van der Waals surface area contributed by atoms with Gasteiger partial charge in [-0.05, 0) is 60.0 Å². The molecule has 3 aromatic heterocycles. The van der Waals surface area contributed by atoms with E-state index in [0.717, 1.165) is 62.0 Å². The van der Waals surface area contributed by atoms with Crippen molar-refractivity contribution in [2.45, 2.75) is 47.0 Å². The third-order valence-electron chi connectivity index (χ3n) is 7.90. The van der Waals surface area contributed by atoms with Crippen LogP contribution in [0, 0.1) is 12.8 Å². The molecular weight excluding hydrogens is 502 g/mol. The summed E-state index contributed by atoms with van der Waals surface area (Å²) in [6.07, 6.45) is 1.06. The number of para-hydroxylation sites is 1. The van der Waals surface area contributed by atoms with Crippen LogP contribution in [0.5, 0.6) is 0 Å². The summed E-state index contributed by atoms with van der Waals surface area (Å²) < 4.78 is 6.54. The second-order valence-electron chi connectivity index (χ2n) is 11.9. The highest BCUT2D eigenvalue weighted by Crippen LogP contribution is 2.40. The second kappa shape index (κ2) is 9.81. The van der Waals surface area contributed by atoms with Crippen LogP contribution in [0.15, 0.2) is 89.3 Å². The Kier molecular flexibility index (Phi) is 6.08. The SMILES string of the molecule is Cc1cc(CC(C)C)cc2ccc3c(-c4cccc5c4oc4nc(-c6ccccc6)ccc45)nc(C(C)C)nc3c12. The number of pyridine rings is 1. The van der Waals surface area contributed by atoms with E-state index in [0.29, 0.717) is 11.6 Å². The number of aryl methyl sites for hydroxylation is 1. The first kappa shape index (κ1) is 25.4. The van der Waals surface area contributed by atoms with Crippen molar-refractivity contribution >= 4 is 43.7 Å². The number of aromatic nitrogens is 3. The molecule has 7 rings (SSSR count). The van der Waals surface area contributed by atoms with Crippen LogP contribution < -0.4 is 0 Å². The van der Waals surface area contributed by atoms with E-state index in [-0.39, 0.29) is 5.92 Å². The summed E-state index contributed by atoms with van der Waals surface area (Å²) in [5.41, 5.74) is 8.89. The first-order chi connectivity index (χ1) is 19.9. The molecule has 4 nitrogen and oxygen atoms in total. The van der Waals surface area contributed by atoms with Gasteiger partial charge in [-0.1, -0.05) is 88.4 Å². The molecule has 0 saturated carbocycles. The molecule has 4 heteroatoms. The Morgan fingerprint density at radius 2 is 1.54 bits per heavy atom. The van der Waals surface area contributed by atoms with Crippen molar-refractivity contribution in [3.63, 3.8) is 0 Å². The smallest absolute Gasteiger partial charge is 0.227 e. The third-order valence-corrected chi connectivity index (χ3v) is 7.90. The summed E-state index contributed by atoms with van der Waals surface area (Å²) in [5, 5.41) is 5.51. The fourth-order valence-electron chi connectivity index (χ4n) is 6.04. The van der Waals surface area contributed by atoms with Crippen LogP contribution in [0.3, 0.4) is 0 Å². The van der Waals surface area contributed by atoms with Gasteiger partial charge in [0.15, 0.2) is 0 Å². The summed E-state index contributed by atoms with van der Waals surface area (Å²) in [5.74, 6) is 1.62. The average molecular weight is 536 g/mol. The van der Waals surface area contributed by atoms with Crippen molar-refractivity contribution in [2.75, 3.05) is 0 Å². The van der Waals surface area contributed by atoms with Crippen molar-refractivity contribution in [1.82, 2.24) is 15.0 Å². The van der Waals surface area contributed by atoms with Gasteiger partial charge in [-0.3, -0.25) is 0 Å². The van der Waals surface area contributed by atoms with Crippen molar-refractivity contribution in [1.29, 1.82) is 0 Å². The Labute approximate surface area is 240 Å². The minimum atomic E-state index is 0.180. The van der Waals surface area contributed by atoms with Gasteiger partial charge in [0.05, 0.1) is 16.9 Å². The number of hydrogen-bond donors (Lipinski definition) is 0. The van der Waals surface area contributed by atoms with Crippen LogP contribution in [-0.4, -0.2) is 15.0 Å². The fourth-order valence-corrected chi connectivity index (χ4v) is 6.04. The molecular formula is C37H33N3O. The molecule has 0 bridgehead atoms. The Morgan fingerprint density at radius 3 is 2.32 bits per heavy atom. The zero-order valence-corrected chi connectivity index (χ0v) is 24.2. The van der Waals surface area contributed by atoms with Crippen LogP contribution in [-0.2, 0) is 6.42 Å². The third kappa shape index (κ3) is 4.35. The van der Waals surface area contributed by atoms with Crippen molar-refractivity contribution in [3.8, 4) is 22.5 Å². The van der Waals surface area contributed by atoms with Gasteiger partial charge in [0.25, 0.3) is 0 Å². The van der Waals surface area contributed by atoms with Crippen LogP contribution in [0.25, 0.3) is 66.3 Å². The molecule has 0 unspecified atom stereocenters. The molecule has 0 spiro atoms. The van der Waals surface area contributed by atoms with Gasteiger partial charge in [-0.25, -0.2) is 15.0 Å². The van der Waals surface area contributed by atoms with Crippen LogP contribution in [0.2, 0.25) is 0 Å². The Bertz CT molecular complexity index is 2090. The number of benzene rings is 4. The highest BCUT2D eigenvalue weighted by Gasteiger charge is 2.20. The Morgan fingerprint density at radius 1 is 0.732 bits per heavy atom. The molecule has 7 aromatic rings. The molecule has 4 aromatic carbocycles. The van der Waals surface area contributed by atoms with Crippen molar-refractivity contribution in [3.05, 3.63) is 102 Å². The van der Waals surface area contributed by atoms with Gasteiger partial charge in [0, 0.05) is 38.6 Å². The summed E-state index contributed by atoms with van der Waals surface area (Å²) in [4.78, 5) is 15.2. The zero-order valence-electron chi connectivity index (χ0n) is 24.2. The molecule has 3 heterocycles. The minimum absolute atomic E-state index is 0.180. The van der Waals surface area contributed by atoms with Crippen LogP contribution >= 0.6 is 0 Å². The lowest BCUT2D eigenvalue weighted by atomic mass is 9.93. The second-order valence-corrected chi connectivity index (χ2v) is 11.9. The lowest BCUT2D eigenvalue weighted by Crippen LogP contribution is -2.02. The molecule has 0 aliphatic rings. The molecule has 0 fully saturated rings. The van der Waals surface area contributed by atoms with Gasteiger partial charge in [-0.2, -0.15) is 0 Å². The predicted octanol–water partition coefficient (Wildman–Crippen LogP) is 10.0. The van der Waals surface area contributed by atoms with Crippen LogP contribution in [0.1, 0.15) is 50.6 Å². The van der Waals surface area contributed by atoms with E-state index in [4.69, 9.17) is 19.4 Å². The Hall–Kier alpha value is -4.57. The maximum absolute atomic E-state index is 6.54. The number of nitrogens with zero attached hydrogens (tertiary/aromatic N) is 3. The summed E-state index contributed by atoms with van der Waals surface area (Å²) in [6.45, 7) is 11.1. The molecule has 0 saturated heterocycles. The number of hydrogen-bond acceptors (Lipinski definition) is 4. The van der Waals surface area contributed by atoms with E-state index in [1.165, 1.54) is 21.9 Å². The summed E-state index contributed by atoms with van der Waals surface area (Å²) in [6, 6.07) is 29.8. The first-order valence-electron chi connectivity index (χ1n) is 14.5. The monoisotopic (exact) mass is 535 g/mol. The minimum Gasteiger partial charge on any atom is -0.437 e. The van der Waals surface area contributed by atoms with E-state index in [2.05, 4.69) is 101 Å². The van der Waals surface area contributed by atoms with Gasteiger partial charge in [0.2, 0.25) is 5.71 Å². The number of furan rings is 1. The maximum atomic E-state index is 6.54. The van der Waals surface area contributed by atoms with Crippen LogP contribution in [0.4, 0.5) is 0 Å². The van der Waals surface area contributed by atoms with Gasteiger partial charge >= 0.3 is 0 Å². The lowest BCUT2D eigenvalue weighted by molar-refractivity contribution is 0.647. The highest BCUT2D eigenvalue weighted by molar-refractivity contribution is 6.14. The maximum Gasteiger partial charge on any atom is 0.227 e. The largest absolute Gasteiger partial charge is 0.437 e. The normalized spacial score (nSPS) is 12.1. The fraction of sp³-hybridized carbons (Fsp3) is 0.216. The van der Waals surface area contributed by atoms with Gasteiger partial charge in [-0.15, -0.1) is 0 Å². The molecule has 0 aliphatic carbocycles. The highest BCUT2D eigenvalue weighted by atomic mass is 16.3. The molecule has 0 N–H and O–H groups in total. The number of fused-ring (bicyclic) bond motifs is 6. The molecule has 0 amide bonds. The predicted molar refractivity (Wildman–Crippen MR) is 170 cm³/mol. The van der Waals surface area contributed by atoms with E-state index in [9.17, 15) is 0 Å². The molecule has 202 valence electrons. The zero-order chi connectivity index (χ0) is 28.2. The average Bonchev–Trinajstić information content (AvgIpc) is 3.34. The first-order valence-corrected chi connectivity index (χ1v) is 14.5. The topological polar surface area (TPSA) is 51.8 Å². The van der Waals surface area contributed by atoms with Gasteiger partial charge < -0.3 is 4.42 Å². The summed E-state index contributed by atoms with van der Waals surface area (Å²) in [7, 11) is 0.